The van der Waals surface area contributed by atoms with Gasteiger partial charge in [0.1, 0.15) is 5.75 Å². The zero-order valence-corrected chi connectivity index (χ0v) is 13.3. The Hall–Kier alpha value is -2.46. The SMILES string of the molecule is COc1ccc(-n2c(-c3ccccc3)cc(C)nc2=S)cc1. The molecule has 0 spiro atoms. The van der Waals surface area contributed by atoms with Gasteiger partial charge in [-0.25, -0.2) is 4.98 Å². The van der Waals surface area contributed by atoms with E-state index in [0.717, 1.165) is 28.4 Å². The molecule has 0 aliphatic heterocycles. The van der Waals surface area contributed by atoms with Crippen LogP contribution in [0.4, 0.5) is 0 Å². The summed E-state index contributed by atoms with van der Waals surface area (Å²) in [5, 5.41) is 0. The maximum absolute atomic E-state index is 5.49. The molecule has 3 rings (SSSR count). The average Bonchev–Trinajstić information content (AvgIpc) is 2.55. The molecule has 110 valence electrons. The lowest BCUT2D eigenvalue weighted by atomic mass is 10.1. The van der Waals surface area contributed by atoms with Gasteiger partial charge in [-0.1, -0.05) is 30.3 Å². The van der Waals surface area contributed by atoms with Crippen molar-refractivity contribution < 1.29 is 4.74 Å². The van der Waals surface area contributed by atoms with Crippen LogP contribution in [0.2, 0.25) is 0 Å². The van der Waals surface area contributed by atoms with Crippen molar-refractivity contribution in [3.63, 3.8) is 0 Å². The third-order valence-corrected chi connectivity index (χ3v) is 3.72. The lowest BCUT2D eigenvalue weighted by molar-refractivity contribution is 0.414. The predicted octanol–water partition coefficient (Wildman–Crippen LogP) is 4.59. The van der Waals surface area contributed by atoms with Gasteiger partial charge in [-0.15, -0.1) is 0 Å². The third-order valence-electron chi connectivity index (χ3n) is 3.45. The molecule has 3 aromatic rings. The Balaban J connectivity index is 2.24. The predicted molar refractivity (Wildman–Crippen MR) is 91.1 cm³/mol. The minimum absolute atomic E-state index is 0.545. The molecule has 0 amide bonds. The summed E-state index contributed by atoms with van der Waals surface area (Å²) in [7, 11) is 1.66. The maximum atomic E-state index is 5.49. The molecule has 0 unspecified atom stereocenters. The van der Waals surface area contributed by atoms with Crippen molar-refractivity contribution in [2.24, 2.45) is 0 Å². The standard InChI is InChI=1S/C18H16N2OS/c1-13-12-17(14-6-4-3-5-7-14)20(18(22)19-13)15-8-10-16(21-2)11-9-15/h3-12H,1-2H3. The summed E-state index contributed by atoms with van der Waals surface area (Å²) < 4.78 is 7.75. The van der Waals surface area contributed by atoms with Gasteiger partial charge < -0.3 is 4.74 Å². The lowest BCUT2D eigenvalue weighted by Crippen LogP contribution is -2.05. The Morgan fingerprint density at radius 1 is 1.00 bits per heavy atom. The van der Waals surface area contributed by atoms with Crippen LogP contribution in [-0.2, 0) is 0 Å². The Labute approximate surface area is 134 Å². The van der Waals surface area contributed by atoms with Crippen LogP contribution in [-0.4, -0.2) is 16.7 Å². The minimum atomic E-state index is 0.545. The van der Waals surface area contributed by atoms with Gasteiger partial charge in [0.25, 0.3) is 0 Å². The molecule has 1 aromatic heterocycles. The largest absolute Gasteiger partial charge is 0.497 e. The number of hydrogen-bond donors (Lipinski definition) is 0. The molecule has 0 fully saturated rings. The second kappa shape index (κ2) is 6.12. The fraction of sp³-hybridized carbons (Fsp3) is 0.111. The summed E-state index contributed by atoms with van der Waals surface area (Å²) in [5.74, 6) is 0.816. The van der Waals surface area contributed by atoms with Gasteiger partial charge in [0.15, 0.2) is 0 Å². The summed E-state index contributed by atoms with van der Waals surface area (Å²) in [5.41, 5.74) is 4.02. The van der Waals surface area contributed by atoms with E-state index in [1.54, 1.807) is 7.11 Å². The Kier molecular flexibility index (Phi) is 4.02. The highest BCUT2D eigenvalue weighted by molar-refractivity contribution is 7.71. The van der Waals surface area contributed by atoms with E-state index in [-0.39, 0.29) is 0 Å². The first-order chi connectivity index (χ1) is 10.7. The van der Waals surface area contributed by atoms with Gasteiger partial charge in [-0.2, -0.15) is 0 Å². The molecule has 0 radical (unpaired) electrons. The van der Waals surface area contributed by atoms with Gasteiger partial charge in [-0.05, 0) is 55.0 Å². The summed E-state index contributed by atoms with van der Waals surface area (Å²) >= 11 is 5.49. The van der Waals surface area contributed by atoms with Crippen LogP contribution >= 0.6 is 12.2 Å². The van der Waals surface area contributed by atoms with E-state index < -0.39 is 0 Å². The molecule has 3 nitrogen and oxygen atoms in total. The first-order valence-electron chi connectivity index (χ1n) is 6.99. The lowest BCUT2D eigenvalue weighted by Gasteiger charge is -2.15. The van der Waals surface area contributed by atoms with E-state index in [1.165, 1.54) is 0 Å². The van der Waals surface area contributed by atoms with Crippen LogP contribution in [0.3, 0.4) is 0 Å². The zero-order chi connectivity index (χ0) is 15.5. The van der Waals surface area contributed by atoms with Crippen molar-refractivity contribution in [1.82, 2.24) is 9.55 Å². The van der Waals surface area contributed by atoms with Gasteiger partial charge >= 0.3 is 0 Å². The van der Waals surface area contributed by atoms with Gasteiger partial charge in [0, 0.05) is 11.4 Å². The molecule has 4 heteroatoms. The van der Waals surface area contributed by atoms with Gasteiger partial charge in [-0.3, -0.25) is 4.57 Å². The topological polar surface area (TPSA) is 27.1 Å². The molecule has 0 bridgehead atoms. The van der Waals surface area contributed by atoms with Crippen LogP contribution in [0.25, 0.3) is 16.9 Å². The van der Waals surface area contributed by atoms with Crippen molar-refractivity contribution in [2.75, 3.05) is 7.11 Å². The molecule has 0 aliphatic carbocycles. The second-order valence-corrected chi connectivity index (χ2v) is 5.33. The summed E-state index contributed by atoms with van der Waals surface area (Å²) in [6.45, 7) is 1.96. The van der Waals surface area contributed by atoms with E-state index in [4.69, 9.17) is 17.0 Å². The van der Waals surface area contributed by atoms with Crippen LogP contribution in [0, 0.1) is 11.7 Å². The van der Waals surface area contributed by atoms with E-state index in [9.17, 15) is 0 Å². The third kappa shape index (κ3) is 2.78. The first kappa shape index (κ1) is 14.5. The maximum Gasteiger partial charge on any atom is 0.204 e. The van der Waals surface area contributed by atoms with Gasteiger partial charge in [0.05, 0.1) is 12.8 Å². The zero-order valence-electron chi connectivity index (χ0n) is 12.5. The average molecular weight is 308 g/mol. The van der Waals surface area contributed by atoms with E-state index in [1.807, 2.05) is 54.0 Å². The summed E-state index contributed by atoms with van der Waals surface area (Å²) in [6, 6.07) is 20.1. The van der Waals surface area contributed by atoms with Crippen LogP contribution in [0.5, 0.6) is 5.75 Å². The molecule has 0 N–H and O–H groups in total. The number of hydrogen-bond acceptors (Lipinski definition) is 3. The number of rotatable bonds is 3. The number of aryl methyl sites for hydroxylation is 1. The second-order valence-electron chi connectivity index (χ2n) is 4.96. The molecule has 0 aliphatic rings. The monoisotopic (exact) mass is 308 g/mol. The van der Waals surface area contributed by atoms with Gasteiger partial charge in [0.2, 0.25) is 4.77 Å². The van der Waals surface area contributed by atoms with Crippen LogP contribution in [0.15, 0.2) is 60.7 Å². The molecule has 0 saturated carbocycles. The molecular formula is C18H16N2OS. The van der Waals surface area contributed by atoms with Crippen molar-refractivity contribution in [2.45, 2.75) is 6.92 Å². The smallest absolute Gasteiger partial charge is 0.204 e. The number of aromatic nitrogens is 2. The molecule has 0 atom stereocenters. The van der Waals surface area contributed by atoms with Crippen molar-refractivity contribution in [3.8, 4) is 22.7 Å². The fourth-order valence-electron chi connectivity index (χ4n) is 2.40. The molecule has 2 aromatic carbocycles. The Morgan fingerprint density at radius 3 is 2.32 bits per heavy atom. The number of methoxy groups -OCH3 is 1. The molecule has 0 saturated heterocycles. The van der Waals surface area contributed by atoms with Crippen molar-refractivity contribution in [1.29, 1.82) is 0 Å². The highest BCUT2D eigenvalue weighted by Gasteiger charge is 2.09. The fourth-order valence-corrected chi connectivity index (χ4v) is 2.75. The first-order valence-corrected chi connectivity index (χ1v) is 7.40. The number of ether oxygens (including phenoxy) is 1. The van der Waals surface area contributed by atoms with Crippen LogP contribution in [0.1, 0.15) is 5.69 Å². The summed E-state index contributed by atoms with van der Waals surface area (Å²) in [6.07, 6.45) is 0. The van der Waals surface area contributed by atoms with E-state index in [2.05, 4.69) is 23.2 Å². The van der Waals surface area contributed by atoms with Crippen molar-refractivity contribution in [3.05, 3.63) is 71.1 Å². The normalized spacial score (nSPS) is 10.5. The molecule has 1 heterocycles. The Morgan fingerprint density at radius 2 is 1.68 bits per heavy atom. The summed E-state index contributed by atoms with van der Waals surface area (Å²) in [4.78, 5) is 4.43. The number of nitrogens with zero attached hydrogens (tertiary/aromatic N) is 2. The Bertz CT molecular complexity index is 839. The highest BCUT2D eigenvalue weighted by Crippen LogP contribution is 2.25. The quantitative estimate of drug-likeness (QED) is 0.662. The molecular weight excluding hydrogens is 292 g/mol. The van der Waals surface area contributed by atoms with Crippen LogP contribution < -0.4 is 4.74 Å². The minimum Gasteiger partial charge on any atom is -0.497 e. The van der Waals surface area contributed by atoms with E-state index >= 15 is 0 Å². The highest BCUT2D eigenvalue weighted by atomic mass is 32.1. The number of benzene rings is 2. The van der Waals surface area contributed by atoms with E-state index in [0.29, 0.717) is 4.77 Å². The van der Waals surface area contributed by atoms with Crippen molar-refractivity contribution >= 4 is 12.2 Å². The molecule has 22 heavy (non-hydrogen) atoms.